The number of thioether (sulfide) groups is 1. The molecule has 3 rings (SSSR count). The molecule has 3 aromatic rings. The van der Waals surface area contributed by atoms with Crippen LogP contribution in [-0.4, -0.2) is 15.3 Å². The summed E-state index contributed by atoms with van der Waals surface area (Å²) in [6.07, 6.45) is 1.65. The van der Waals surface area contributed by atoms with Crippen LogP contribution in [-0.2, 0) is 18.9 Å². The molecular weight excluding hydrogens is 318 g/mol. The monoisotopic (exact) mass is 333 g/mol. The molecule has 0 unspecified atom stereocenters. The number of aliphatic hydroxyl groups excluding tert-OH is 1. The Labute approximate surface area is 136 Å². The van der Waals surface area contributed by atoms with Crippen molar-refractivity contribution in [1.29, 1.82) is 0 Å². The predicted octanol–water partition coefficient (Wildman–Crippen LogP) is 3.53. The normalized spacial score (nSPS) is 10.8. The van der Waals surface area contributed by atoms with Gasteiger partial charge < -0.3 is 14.8 Å². The van der Waals surface area contributed by atoms with Gasteiger partial charge in [0, 0.05) is 5.75 Å². The highest BCUT2D eigenvalue weighted by atomic mass is 32.2. The number of hydrogen-bond donors (Lipinski definition) is 2. The molecular formula is C15H15N3O2S2. The minimum Gasteiger partial charge on any atom is -0.467 e. The van der Waals surface area contributed by atoms with Crippen LogP contribution in [0.1, 0.15) is 16.9 Å². The second-order valence-electron chi connectivity index (χ2n) is 4.57. The van der Waals surface area contributed by atoms with E-state index in [1.54, 1.807) is 18.0 Å². The summed E-state index contributed by atoms with van der Waals surface area (Å²) in [5, 5.41) is 21.3. The Hall–Kier alpha value is -1.83. The summed E-state index contributed by atoms with van der Waals surface area (Å²) in [7, 11) is 0. The van der Waals surface area contributed by atoms with E-state index in [2.05, 4.69) is 15.5 Å². The molecule has 0 saturated heterocycles. The van der Waals surface area contributed by atoms with Gasteiger partial charge in [-0.05, 0) is 23.3 Å². The molecule has 0 aliphatic carbocycles. The van der Waals surface area contributed by atoms with E-state index in [1.807, 2.05) is 36.4 Å². The Morgan fingerprint density at radius 3 is 2.68 bits per heavy atom. The van der Waals surface area contributed by atoms with E-state index in [0.29, 0.717) is 6.54 Å². The van der Waals surface area contributed by atoms with Gasteiger partial charge in [0.15, 0.2) is 4.34 Å². The summed E-state index contributed by atoms with van der Waals surface area (Å²) in [4.78, 5) is 0. The Kier molecular flexibility index (Phi) is 5.10. The van der Waals surface area contributed by atoms with Crippen LogP contribution in [0.2, 0.25) is 0 Å². The third kappa shape index (κ3) is 4.09. The van der Waals surface area contributed by atoms with Crippen molar-refractivity contribution in [3.05, 3.63) is 59.5 Å². The summed E-state index contributed by atoms with van der Waals surface area (Å²) in [5.74, 6) is 1.70. The number of nitrogens with zero attached hydrogens (tertiary/aromatic N) is 2. The van der Waals surface area contributed by atoms with E-state index in [4.69, 9.17) is 9.52 Å². The number of anilines is 1. The number of rotatable bonds is 7. The van der Waals surface area contributed by atoms with Crippen molar-refractivity contribution in [2.45, 2.75) is 23.2 Å². The van der Waals surface area contributed by atoms with Crippen molar-refractivity contribution >= 4 is 28.2 Å². The molecule has 0 bridgehead atoms. The van der Waals surface area contributed by atoms with Gasteiger partial charge in [-0.25, -0.2) is 0 Å². The molecule has 0 saturated carbocycles. The summed E-state index contributed by atoms with van der Waals surface area (Å²) in [5.41, 5.74) is 2.12. The summed E-state index contributed by atoms with van der Waals surface area (Å²) in [6.45, 7) is 0.684. The van der Waals surface area contributed by atoms with Crippen LogP contribution in [0.15, 0.2) is 51.4 Å². The lowest BCUT2D eigenvalue weighted by atomic mass is 10.2. The second-order valence-corrected chi connectivity index (χ2v) is 6.77. The minimum atomic E-state index is 0.0779. The molecule has 0 aliphatic rings. The molecule has 0 amide bonds. The van der Waals surface area contributed by atoms with Crippen molar-refractivity contribution in [3.63, 3.8) is 0 Å². The van der Waals surface area contributed by atoms with Crippen molar-refractivity contribution in [2.75, 3.05) is 5.32 Å². The minimum absolute atomic E-state index is 0.0779. The zero-order chi connectivity index (χ0) is 15.2. The fourth-order valence-corrected chi connectivity index (χ4v) is 3.50. The lowest BCUT2D eigenvalue weighted by molar-refractivity contribution is 0.282. The Morgan fingerprint density at radius 1 is 1.14 bits per heavy atom. The smallest absolute Gasteiger partial charge is 0.206 e. The average molecular weight is 333 g/mol. The van der Waals surface area contributed by atoms with Gasteiger partial charge in [-0.1, -0.05) is 47.4 Å². The highest BCUT2D eigenvalue weighted by molar-refractivity contribution is 8.00. The number of aromatic nitrogens is 2. The molecule has 22 heavy (non-hydrogen) atoms. The fourth-order valence-electron chi connectivity index (χ4n) is 1.80. The number of aliphatic hydroxyl groups is 1. The van der Waals surface area contributed by atoms with Gasteiger partial charge in [-0.3, -0.25) is 0 Å². The number of furan rings is 1. The Balaban J connectivity index is 1.50. The van der Waals surface area contributed by atoms with E-state index < -0.39 is 0 Å². The first-order valence-corrected chi connectivity index (χ1v) is 8.55. The maximum absolute atomic E-state index is 9.02. The van der Waals surface area contributed by atoms with Crippen LogP contribution in [0.5, 0.6) is 0 Å². The Bertz CT molecular complexity index is 696. The second kappa shape index (κ2) is 7.44. The van der Waals surface area contributed by atoms with Gasteiger partial charge in [0.1, 0.15) is 5.76 Å². The number of nitrogens with one attached hydrogen (secondary N) is 1. The maximum Gasteiger partial charge on any atom is 0.206 e. The van der Waals surface area contributed by atoms with E-state index in [0.717, 1.165) is 26.5 Å². The van der Waals surface area contributed by atoms with Crippen LogP contribution in [0.4, 0.5) is 5.13 Å². The first-order valence-electron chi connectivity index (χ1n) is 6.75. The van der Waals surface area contributed by atoms with Crippen molar-refractivity contribution in [1.82, 2.24) is 10.2 Å². The van der Waals surface area contributed by atoms with Crippen LogP contribution >= 0.6 is 23.1 Å². The quantitative estimate of drug-likeness (QED) is 0.645. The van der Waals surface area contributed by atoms with Crippen LogP contribution in [0.25, 0.3) is 0 Å². The molecule has 2 heterocycles. The van der Waals surface area contributed by atoms with Gasteiger partial charge in [0.25, 0.3) is 0 Å². The summed E-state index contributed by atoms with van der Waals surface area (Å²) < 4.78 is 6.18. The van der Waals surface area contributed by atoms with Crippen LogP contribution in [0, 0.1) is 0 Å². The molecule has 114 valence electrons. The molecule has 0 fully saturated rings. The largest absolute Gasteiger partial charge is 0.467 e. The molecule has 7 heteroatoms. The van der Waals surface area contributed by atoms with Crippen molar-refractivity contribution in [3.8, 4) is 0 Å². The third-order valence-electron chi connectivity index (χ3n) is 2.97. The maximum atomic E-state index is 9.02. The van der Waals surface area contributed by atoms with Crippen molar-refractivity contribution < 1.29 is 9.52 Å². The van der Waals surface area contributed by atoms with Crippen LogP contribution in [0.3, 0.4) is 0 Å². The highest BCUT2D eigenvalue weighted by Crippen LogP contribution is 2.28. The molecule has 1 aromatic carbocycles. The van der Waals surface area contributed by atoms with E-state index in [1.165, 1.54) is 16.9 Å². The predicted molar refractivity (Wildman–Crippen MR) is 87.9 cm³/mol. The summed E-state index contributed by atoms with van der Waals surface area (Å²) >= 11 is 3.18. The molecule has 0 radical (unpaired) electrons. The van der Waals surface area contributed by atoms with Gasteiger partial charge >= 0.3 is 0 Å². The third-order valence-corrected chi connectivity index (χ3v) is 5.05. The van der Waals surface area contributed by atoms with Gasteiger partial charge in [-0.15, -0.1) is 10.2 Å². The molecule has 2 N–H and O–H groups in total. The SMILES string of the molecule is OCc1ccc(CSc2nnc(NCc3ccco3)s2)cc1. The standard InChI is InChI=1S/C15H15N3O2S2/c19-9-11-3-5-12(6-4-11)10-21-15-18-17-14(22-15)16-8-13-2-1-7-20-13/h1-7,19H,8-10H2,(H,16,17). The van der Waals surface area contributed by atoms with Crippen LogP contribution < -0.4 is 5.32 Å². The fraction of sp³-hybridized carbons (Fsp3) is 0.200. The Morgan fingerprint density at radius 2 is 1.95 bits per heavy atom. The van der Waals surface area contributed by atoms with E-state index in [-0.39, 0.29) is 6.61 Å². The first kappa shape index (κ1) is 15.1. The zero-order valence-electron chi connectivity index (χ0n) is 11.7. The summed E-state index contributed by atoms with van der Waals surface area (Å²) in [6, 6.07) is 11.7. The lowest BCUT2D eigenvalue weighted by Crippen LogP contribution is -1.96. The van der Waals surface area contributed by atoms with E-state index >= 15 is 0 Å². The lowest BCUT2D eigenvalue weighted by Gasteiger charge is -2.00. The average Bonchev–Trinajstić information content (AvgIpc) is 3.23. The molecule has 2 aromatic heterocycles. The first-order chi connectivity index (χ1) is 10.8. The highest BCUT2D eigenvalue weighted by Gasteiger charge is 2.06. The van der Waals surface area contributed by atoms with E-state index in [9.17, 15) is 0 Å². The topological polar surface area (TPSA) is 71.2 Å². The zero-order valence-corrected chi connectivity index (χ0v) is 13.4. The van der Waals surface area contributed by atoms with Gasteiger partial charge in [-0.2, -0.15) is 0 Å². The van der Waals surface area contributed by atoms with Gasteiger partial charge in [0.2, 0.25) is 5.13 Å². The number of hydrogen-bond acceptors (Lipinski definition) is 7. The molecule has 5 nitrogen and oxygen atoms in total. The van der Waals surface area contributed by atoms with Gasteiger partial charge in [0.05, 0.1) is 19.4 Å². The molecule has 0 aliphatic heterocycles. The molecule has 0 atom stereocenters. The molecule has 0 spiro atoms. The number of benzene rings is 1. The van der Waals surface area contributed by atoms with Crippen molar-refractivity contribution in [2.24, 2.45) is 0 Å².